The van der Waals surface area contributed by atoms with Crippen molar-refractivity contribution in [3.05, 3.63) is 96.1 Å². The van der Waals surface area contributed by atoms with Crippen molar-refractivity contribution in [2.45, 2.75) is 51.7 Å². The summed E-state index contributed by atoms with van der Waals surface area (Å²) in [6, 6.07) is 29.7. The predicted molar refractivity (Wildman–Crippen MR) is 149 cm³/mol. The molecular weight excluding hydrogens is 444 g/mol. The first-order valence-corrected chi connectivity index (χ1v) is 12.8. The number of nitrogens with zero attached hydrogens (tertiary/aromatic N) is 1. The van der Waals surface area contributed by atoms with Gasteiger partial charge in [0.25, 0.3) is 5.91 Å². The molecule has 0 bridgehead atoms. The van der Waals surface area contributed by atoms with Gasteiger partial charge in [0.15, 0.2) is 0 Å². The topological polar surface area (TPSA) is 41.6 Å². The van der Waals surface area contributed by atoms with Crippen molar-refractivity contribution >= 4 is 22.4 Å². The van der Waals surface area contributed by atoms with Crippen molar-refractivity contribution in [3.63, 3.8) is 0 Å². The van der Waals surface area contributed by atoms with Crippen molar-refractivity contribution in [3.8, 4) is 16.9 Å². The van der Waals surface area contributed by atoms with Gasteiger partial charge in [-0.3, -0.25) is 9.69 Å². The molecule has 36 heavy (non-hydrogen) atoms. The van der Waals surface area contributed by atoms with Crippen molar-refractivity contribution in [1.82, 2.24) is 4.90 Å². The molecule has 0 aliphatic carbocycles. The van der Waals surface area contributed by atoms with E-state index in [1.165, 1.54) is 30.2 Å². The summed E-state index contributed by atoms with van der Waals surface area (Å²) in [5, 5.41) is 5.38. The van der Waals surface area contributed by atoms with Crippen molar-refractivity contribution < 1.29 is 9.53 Å². The third-order valence-electron chi connectivity index (χ3n) is 7.47. The molecule has 4 nitrogen and oxygen atoms in total. The van der Waals surface area contributed by atoms with E-state index in [1.54, 1.807) is 7.11 Å². The van der Waals surface area contributed by atoms with Crippen LogP contribution in [0.1, 0.15) is 49.0 Å². The largest absolute Gasteiger partial charge is 0.497 e. The molecular formula is C32H34N2O2. The van der Waals surface area contributed by atoms with E-state index in [1.807, 2.05) is 54.6 Å². The number of piperidine rings is 1. The molecule has 2 unspecified atom stereocenters. The smallest absolute Gasteiger partial charge is 0.255 e. The molecule has 0 aromatic heterocycles. The average molecular weight is 479 g/mol. The van der Waals surface area contributed by atoms with Crippen molar-refractivity contribution in [2.75, 3.05) is 12.4 Å². The number of benzene rings is 4. The number of nitrogens with one attached hydrogen (secondary N) is 1. The Morgan fingerprint density at radius 1 is 0.833 bits per heavy atom. The van der Waals surface area contributed by atoms with Gasteiger partial charge >= 0.3 is 0 Å². The van der Waals surface area contributed by atoms with Gasteiger partial charge in [-0.1, -0.05) is 48.9 Å². The number of fused-ring (bicyclic) bond motifs is 1. The zero-order valence-electron chi connectivity index (χ0n) is 21.3. The summed E-state index contributed by atoms with van der Waals surface area (Å²) < 4.78 is 5.23. The number of anilines is 1. The first-order valence-electron chi connectivity index (χ1n) is 12.8. The van der Waals surface area contributed by atoms with Crippen molar-refractivity contribution in [2.24, 2.45) is 0 Å². The summed E-state index contributed by atoms with van der Waals surface area (Å²) in [6.45, 7) is 5.68. The fourth-order valence-electron chi connectivity index (χ4n) is 5.27. The highest BCUT2D eigenvalue weighted by Gasteiger charge is 2.24. The minimum absolute atomic E-state index is 0.111. The number of carbonyl (C=O) groups excluding carboxylic acids is 1. The maximum Gasteiger partial charge on any atom is 0.255 e. The number of hydrogen-bond acceptors (Lipinski definition) is 3. The molecule has 1 saturated heterocycles. The molecule has 1 heterocycles. The van der Waals surface area contributed by atoms with Crippen LogP contribution < -0.4 is 10.1 Å². The van der Waals surface area contributed by atoms with E-state index in [-0.39, 0.29) is 5.91 Å². The zero-order chi connectivity index (χ0) is 25.1. The summed E-state index contributed by atoms with van der Waals surface area (Å²) in [5.74, 6) is 0.716. The van der Waals surface area contributed by atoms with Crippen LogP contribution in [0.3, 0.4) is 0 Å². The minimum atomic E-state index is -0.111. The number of ether oxygens (including phenoxy) is 1. The standard InChI is InChI=1S/C32H34N2O2/c1-22-5-4-6-23(2)34(22)21-24-7-8-29-20-30(16-13-28(29)19-24)33-32(35)27-11-9-25(10-12-27)26-14-17-31(36-3)18-15-26/h7-20,22-23H,4-6,21H2,1-3H3,(H,33,35). The molecule has 184 valence electrons. The second kappa shape index (κ2) is 10.5. The number of rotatable bonds is 6. The lowest BCUT2D eigenvalue weighted by molar-refractivity contribution is 0.0953. The summed E-state index contributed by atoms with van der Waals surface area (Å²) in [6.07, 6.45) is 3.90. The Balaban J connectivity index is 1.26. The molecule has 4 aromatic carbocycles. The number of hydrogen-bond donors (Lipinski definition) is 1. The van der Waals surface area contributed by atoms with Crippen LogP contribution in [0.25, 0.3) is 21.9 Å². The molecule has 1 fully saturated rings. The zero-order valence-corrected chi connectivity index (χ0v) is 21.3. The van der Waals surface area contributed by atoms with Gasteiger partial charge in [0, 0.05) is 29.9 Å². The third kappa shape index (κ3) is 5.29. The van der Waals surface area contributed by atoms with Gasteiger partial charge in [-0.05, 0) is 96.6 Å². The second-order valence-electron chi connectivity index (χ2n) is 9.96. The maximum absolute atomic E-state index is 12.9. The first-order chi connectivity index (χ1) is 17.5. The Kier molecular flexibility index (Phi) is 7.06. The van der Waals surface area contributed by atoms with E-state index in [0.29, 0.717) is 17.6 Å². The van der Waals surface area contributed by atoms with Crippen LogP contribution in [0.2, 0.25) is 0 Å². The molecule has 0 spiro atoms. The third-order valence-corrected chi connectivity index (χ3v) is 7.47. The number of carbonyl (C=O) groups is 1. The van der Waals surface area contributed by atoms with Gasteiger partial charge < -0.3 is 10.1 Å². The van der Waals surface area contributed by atoms with Gasteiger partial charge in [-0.25, -0.2) is 0 Å². The van der Waals surface area contributed by atoms with Gasteiger partial charge in [-0.15, -0.1) is 0 Å². The van der Waals surface area contributed by atoms with E-state index >= 15 is 0 Å². The monoisotopic (exact) mass is 478 g/mol. The van der Waals surface area contributed by atoms with Crippen molar-refractivity contribution in [1.29, 1.82) is 0 Å². The Hall–Kier alpha value is -3.63. The highest BCUT2D eigenvalue weighted by molar-refractivity contribution is 6.05. The van der Waals surface area contributed by atoms with E-state index in [4.69, 9.17) is 4.74 Å². The molecule has 1 amide bonds. The number of amides is 1. The summed E-state index contributed by atoms with van der Waals surface area (Å²) in [5.41, 5.74) is 4.92. The van der Waals surface area contributed by atoms with Crippen LogP contribution in [0.4, 0.5) is 5.69 Å². The van der Waals surface area contributed by atoms with Crippen LogP contribution in [0, 0.1) is 0 Å². The predicted octanol–water partition coefficient (Wildman–Crippen LogP) is 7.53. The normalized spacial score (nSPS) is 18.2. The number of methoxy groups -OCH3 is 1. The molecule has 0 saturated carbocycles. The average Bonchev–Trinajstić information content (AvgIpc) is 2.91. The summed E-state index contributed by atoms with van der Waals surface area (Å²) in [4.78, 5) is 15.5. The van der Waals surface area contributed by atoms with Crippen LogP contribution >= 0.6 is 0 Å². The van der Waals surface area contributed by atoms with Gasteiger partial charge in [-0.2, -0.15) is 0 Å². The van der Waals surface area contributed by atoms with Gasteiger partial charge in [0.2, 0.25) is 0 Å². The SMILES string of the molecule is COc1ccc(-c2ccc(C(=O)Nc3ccc4cc(CN5C(C)CCCC5C)ccc4c3)cc2)cc1. The summed E-state index contributed by atoms with van der Waals surface area (Å²) >= 11 is 0. The molecule has 2 atom stereocenters. The maximum atomic E-state index is 12.9. The molecule has 5 rings (SSSR count). The van der Waals surface area contributed by atoms with Crippen LogP contribution in [0.15, 0.2) is 84.9 Å². The Labute approximate surface area is 213 Å². The lowest BCUT2D eigenvalue weighted by Crippen LogP contribution is -2.42. The highest BCUT2D eigenvalue weighted by atomic mass is 16.5. The lowest BCUT2D eigenvalue weighted by atomic mass is 9.96. The van der Waals surface area contributed by atoms with Crippen LogP contribution in [0.5, 0.6) is 5.75 Å². The lowest BCUT2D eigenvalue weighted by Gasteiger charge is -2.39. The minimum Gasteiger partial charge on any atom is -0.497 e. The Morgan fingerprint density at radius 2 is 1.44 bits per heavy atom. The van der Waals surface area contributed by atoms with Gasteiger partial charge in [0.1, 0.15) is 5.75 Å². The van der Waals surface area contributed by atoms with E-state index in [9.17, 15) is 4.79 Å². The Morgan fingerprint density at radius 3 is 2.11 bits per heavy atom. The molecule has 4 heteroatoms. The van der Waals surface area contributed by atoms with E-state index in [2.05, 4.69) is 54.4 Å². The highest BCUT2D eigenvalue weighted by Crippen LogP contribution is 2.27. The molecule has 4 aromatic rings. The first kappa shape index (κ1) is 24.1. The van der Waals surface area contributed by atoms with Crippen LogP contribution in [-0.4, -0.2) is 30.0 Å². The molecule has 0 radical (unpaired) electrons. The van der Waals surface area contributed by atoms with Gasteiger partial charge in [0.05, 0.1) is 7.11 Å². The molecule has 1 aliphatic rings. The number of likely N-dealkylation sites (tertiary alicyclic amines) is 1. The fourth-order valence-corrected chi connectivity index (χ4v) is 5.27. The Bertz CT molecular complexity index is 1340. The fraction of sp³-hybridized carbons (Fsp3) is 0.281. The molecule has 1 N–H and O–H groups in total. The second-order valence-corrected chi connectivity index (χ2v) is 9.96. The van der Waals surface area contributed by atoms with E-state index in [0.717, 1.165) is 34.5 Å². The molecule has 1 aliphatic heterocycles. The van der Waals surface area contributed by atoms with Crippen LogP contribution in [-0.2, 0) is 6.54 Å². The summed E-state index contributed by atoms with van der Waals surface area (Å²) in [7, 11) is 1.66. The quantitative estimate of drug-likeness (QED) is 0.311. The van der Waals surface area contributed by atoms with E-state index < -0.39 is 0 Å².